The second-order valence-corrected chi connectivity index (χ2v) is 3.51. The van der Waals surface area contributed by atoms with Gasteiger partial charge in [-0.15, -0.1) is 0 Å². The maximum atomic E-state index is 10.6. The Morgan fingerprint density at radius 3 is 2.81 bits per heavy atom. The lowest BCUT2D eigenvalue weighted by Crippen LogP contribution is -1.92. The Kier molecular flexibility index (Phi) is 4.03. The van der Waals surface area contributed by atoms with Gasteiger partial charge in [0.05, 0.1) is 16.6 Å². The summed E-state index contributed by atoms with van der Waals surface area (Å²) >= 11 is 3.15. The first kappa shape index (κ1) is 12.2. The van der Waals surface area contributed by atoms with E-state index in [4.69, 9.17) is 5.26 Å². The Bertz CT molecular complexity index is 492. The summed E-state index contributed by atoms with van der Waals surface area (Å²) in [4.78, 5) is 9.90. The topological polar surface area (TPSA) is 87.2 Å². The number of nitro benzene ring substituents is 1. The molecule has 0 heterocycles. The van der Waals surface area contributed by atoms with Gasteiger partial charge in [-0.3, -0.25) is 10.1 Å². The second-order valence-electron chi connectivity index (χ2n) is 2.86. The minimum absolute atomic E-state index is 0.138. The van der Waals surface area contributed by atoms with E-state index in [1.807, 2.05) is 0 Å². The van der Waals surface area contributed by atoms with Gasteiger partial charge < -0.3 is 5.11 Å². The molecular weight excluding hydrogens is 276 g/mol. The summed E-state index contributed by atoms with van der Waals surface area (Å²) in [7, 11) is 0. The lowest BCUT2D eigenvalue weighted by molar-refractivity contribution is -0.385. The number of aromatic hydroxyl groups is 1. The van der Waals surface area contributed by atoms with Crippen molar-refractivity contribution in [2.45, 2.75) is 0 Å². The Balaban J connectivity index is 3.38. The number of phenolic OH excluding ortho intramolecular Hbond substituents is 1. The molecule has 0 bridgehead atoms. The van der Waals surface area contributed by atoms with Crippen molar-refractivity contribution in [1.29, 1.82) is 5.26 Å². The third-order valence-electron chi connectivity index (χ3n) is 1.83. The van der Waals surface area contributed by atoms with Crippen LogP contribution in [0.4, 0.5) is 5.69 Å². The van der Waals surface area contributed by atoms with Crippen LogP contribution in [0.2, 0.25) is 0 Å². The minimum atomic E-state index is -0.721. The summed E-state index contributed by atoms with van der Waals surface area (Å²) in [5.74, 6) is -0.429. The number of allylic oxidation sites excluding steroid dienone is 1. The number of phenols is 1. The minimum Gasteiger partial charge on any atom is -0.502 e. The molecule has 16 heavy (non-hydrogen) atoms. The molecule has 0 spiro atoms. The van der Waals surface area contributed by atoms with E-state index in [1.54, 1.807) is 12.1 Å². The number of hydrogen-bond acceptors (Lipinski definition) is 4. The smallest absolute Gasteiger partial charge is 0.312 e. The van der Waals surface area contributed by atoms with Gasteiger partial charge in [0.1, 0.15) is 0 Å². The van der Waals surface area contributed by atoms with Gasteiger partial charge in [-0.25, -0.2) is 0 Å². The average Bonchev–Trinajstić information content (AvgIpc) is 2.27. The molecule has 0 amide bonds. The van der Waals surface area contributed by atoms with Gasteiger partial charge >= 0.3 is 5.69 Å². The van der Waals surface area contributed by atoms with Crippen LogP contribution in [0.25, 0.3) is 6.08 Å². The van der Waals surface area contributed by atoms with E-state index in [1.165, 1.54) is 12.1 Å². The molecule has 0 fully saturated rings. The van der Waals surface area contributed by atoms with E-state index < -0.39 is 16.4 Å². The van der Waals surface area contributed by atoms with Crippen molar-refractivity contribution in [3.8, 4) is 11.8 Å². The predicted molar refractivity (Wildman–Crippen MR) is 62.3 cm³/mol. The van der Waals surface area contributed by atoms with Crippen LogP contribution in [0.1, 0.15) is 11.1 Å². The predicted octanol–water partition coefficient (Wildman–Crippen LogP) is 2.58. The standard InChI is InChI=1S/C10H7BrN2O3/c11-3-1-2-8-4-7(6-12)5-9(10(8)14)13(15)16/h1-2,4-5,14H,3H2. The van der Waals surface area contributed by atoms with Crippen molar-refractivity contribution in [1.82, 2.24) is 0 Å². The third kappa shape index (κ3) is 2.58. The first-order chi connectivity index (χ1) is 7.60. The fourth-order valence-electron chi connectivity index (χ4n) is 1.14. The van der Waals surface area contributed by atoms with E-state index in [0.29, 0.717) is 5.33 Å². The number of halogens is 1. The van der Waals surface area contributed by atoms with Gasteiger partial charge in [0, 0.05) is 17.0 Å². The number of nitro groups is 1. The number of nitriles is 1. The van der Waals surface area contributed by atoms with Gasteiger partial charge in [0.25, 0.3) is 0 Å². The van der Waals surface area contributed by atoms with Crippen molar-refractivity contribution >= 4 is 27.7 Å². The molecule has 0 aliphatic rings. The van der Waals surface area contributed by atoms with Crippen LogP contribution >= 0.6 is 15.9 Å². The molecule has 1 rings (SSSR count). The van der Waals surface area contributed by atoms with Crippen molar-refractivity contribution in [3.05, 3.63) is 39.4 Å². The molecule has 82 valence electrons. The average molecular weight is 283 g/mol. The van der Waals surface area contributed by atoms with Crippen LogP contribution in [0, 0.1) is 21.4 Å². The SMILES string of the molecule is N#Cc1cc(C=CCBr)c(O)c([N+](=O)[O-])c1. The van der Waals surface area contributed by atoms with Crippen LogP contribution in [0.3, 0.4) is 0 Å². The first-order valence-electron chi connectivity index (χ1n) is 4.24. The van der Waals surface area contributed by atoms with E-state index in [0.717, 1.165) is 6.07 Å². The highest BCUT2D eigenvalue weighted by molar-refractivity contribution is 9.09. The summed E-state index contributed by atoms with van der Waals surface area (Å²) in [5, 5.41) is 29.5. The summed E-state index contributed by atoms with van der Waals surface area (Å²) < 4.78 is 0. The van der Waals surface area contributed by atoms with E-state index in [2.05, 4.69) is 15.9 Å². The highest BCUT2D eigenvalue weighted by Crippen LogP contribution is 2.31. The number of rotatable bonds is 3. The second kappa shape index (κ2) is 5.28. The summed E-state index contributed by atoms with van der Waals surface area (Å²) in [6.45, 7) is 0. The maximum absolute atomic E-state index is 10.6. The van der Waals surface area contributed by atoms with Crippen LogP contribution < -0.4 is 0 Å². The molecule has 6 heteroatoms. The van der Waals surface area contributed by atoms with Crippen LogP contribution in [0.5, 0.6) is 5.75 Å². The van der Waals surface area contributed by atoms with Gasteiger partial charge in [-0.05, 0) is 6.07 Å². The molecule has 0 radical (unpaired) electrons. The quantitative estimate of drug-likeness (QED) is 0.524. The molecule has 5 nitrogen and oxygen atoms in total. The maximum Gasteiger partial charge on any atom is 0.312 e. The van der Waals surface area contributed by atoms with Crippen LogP contribution in [-0.2, 0) is 0 Å². The summed E-state index contributed by atoms with van der Waals surface area (Å²) in [6, 6.07) is 4.24. The fraction of sp³-hybridized carbons (Fsp3) is 0.100. The molecule has 0 unspecified atom stereocenters. The van der Waals surface area contributed by atoms with Gasteiger partial charge in [-0.2, -0.15) is 5.26 Å². The zero-order valence-electron chi connectivity index (χ0n) is 8.05. The molecule has 0 saturated heterocycles. The Labute approximate surface area is 99.9 Å². The largest absolute Gasteiger partial charge is 0.502 e. The number of nitrogens with zero attached hydrogens (tertiary/aromatic N) is 2. The van der Waals surface area contributed by atoms with E-state index in [-0.39, 0.29) is 11.1 Å². The van der Waals surface area contributed by atoms with E-state index in [9.17, 15) is 15.2 Å². The Hall–Kier alpha value is -1.87. The van der Waals surface area contributed by atoms with Crippen molar-refractivity contribution in [2.24, 2.45) is 0 Å². The molecule has 1 aromatic rings. The Morgan fingerprint density at radius 2 is 2.31 bits per heavy atom. The highest BCUT2D eigenvalue weighted by atomic mass is 79.9. The highest BCUT2D eigenvalue weighted by Gasteiger charge is 2.17. The third-order valence-corrected chi connectivity index (χ3v) is 2.21. The first-order valence-corrected chi connectivity index (χ1v) is 5.36. The van der Waals surface area contributed by atoms with Crippen molar-refractivity contribution in [2.75, 3.05) is 5.33 Å². The molecular formula is C10H7BrN2O3. The summed E-state index contributed by atoms with van der Waals surface area (Å²) in [5.41, 5.74) is -0.0720. The molecule has 0 aliphatic heterocycles. The Morgan fingerprint density at radius 1 is 1.62 bits per heavy atom. The summed E-state index contributed by atoms with van der Waals surface area (Å²) in [6.07, 6.45) is 3.18. The van der Waals surface area contributed by atoms with Gasteiger partial charge in [0.15, 0.2) is 0 Å². The number of benzene rings is 1. The molecule has 0 saturated carbocycles. The molecule has 1 aromatic carbocycles. The molecule has 0 aliphatic carbocycles. The van der Waals surface area contributed by atoms with Crippen molar-refractivity contribution < 1.29 is 10.0 Å². The van der Waals surface area contributed by atoms with Crippen molar-refractivity contribution in [3.63, 3.8) is 0 Å². The lowest BCUT2D eigenvalue weighted by Gasteiger charge is -2.01. The van der Waals surface area contributed by atoms with E-state index >= 15 is 0 Å². The zero-order chi connectivity index (χ0) is 12.1. The fourth-order valence-corrected chi connectivity index (χ4v) is 1.33. The monoisotopic (exact) mass is 282 g/mol. The van der Waals surface area contributed by atoms with Crippen LogP contribution in [-0.4, -0.2) is 15.4 Å². The molecule has 1 N–H and O–H groups in total. The van der Waals surface area contributed by atoms with Gasteiger partial charge in [-0.1, -0.05) is 28.1 Å². The number of alkyl halides is 1. The normalized spacial score (nSPS) is 10.2. The molecule has 0 atom stereocenters. The number of hydrogen-bond donors (Lipinski definition) is 1. The zero-order valence-corrected chi connectivity index (χ0v) is 9.64. The van der Waals surface area contributed by atoms with Gasteiger partial charge in [0.2, 0.25) is 5.75 Å². The lowest BCUT2D eigenvalue weighted by atomic mass is 10.1. The molecule has 0 aromatic heterocycles. The van der Waals surface area contributed by atoms with Crippen LogP contribution in [0.15, 0.2) is 18.2 Å².